The van der Waals surface area contributed by atoms with Crippen LogP contribution in [0.5, 0.6) is 0 Å². The molecule has 1 spiro atoms. The zero-order valence-electron chi connectivity index (χ0n) is 13.1. The fourth-order valence-corrected chi connectivity index (χ4v) is 3.64. The van der Waals surface area contributed by atoms with Crippen LogP contribution in [0.1, 0.15) is 32.1 Å². The Morgan fingerprint density at radius 3 is 2.68 bits per heavy atom. The highest BCUT2D eigenvalue weighted by Gasteiger charge is 2.42. The van der Waals surface area contributed by atoms with Crippen molar-refractivity contribution in [3.63, 3.8) is 0 Å². The lowest BCUT2D eigenvalue weighted by Gasteiger charge is -2.38. The molecule has 1 saturated carbocycles. The van der Waals surface area contributed by atoms with Gasteiger partial charge in [0.15, 0.2) is 0 Å². The van der Waals surface area contributed by atoms with E-state index in [2.05, 4.69) is 14.9 Å². The van der Waals surface area contributed by atoms with E-state index < -0.39 is 0 Å². The lowest BCUT2D eigenvalue weighted by Crippen LogP contribution is -2.41. The van der Waals surface area contributed by atoms with Gasteiger partial charge < -0.3 is 14.4 Å². The van der Waals surface area contributed by atoms with E-state index in [9.17, 15) is 0 Å². The third kappa shape index (κ3) is 3.25. The average molecular weight is 303 g/mol. The second-order valence-electron chi connectivity index (χ2n) is 7.15. The van der Waals surface area contributed by atoms with Gasteiger partial charge in [0.05, 0.1) is 19.3 Å². The van der Waals surface area contributed by atoms with E-state index in [1.54, 1.807) is 0 Å². The van der Waals surface area contributed by atoms with Gasteiger partial charge in [-0.05, 0) is 49.5 Å². The molecule has 0 bridgehead atoms. The van der Waals surface area contributed by atoms with Crippen LogP contribution in [-0.4, -0.2) is 49.0 Å². The van der Waals surface area contributed by atoms with E-state index >= 15 is 0 Å². The van der Waals surface area contributed by atoms with Crippen molar-refractivity contribution in [1.29, 1.82) is 0 Å². The molecule has 0 N–H and O–H groups in total. The van der Waals surface area contributed by atoms with Crippen molar-refractivity contribution < 1.29 is 9.47 Å². The van der Waals surface area contributed by atoms with Crippen LogP contribution < -0.4 is 4.90 Å². The number of aromatic nitrogens is 2. The molecule has 4 rings (SSSR count). The van der Waals surface area contributed by atoms with E-state index in [-0.39, 0.29) is 0 Å². The molecule has 1 unspecified atom stereocenters. The summed E-state index contributed by atoms with van der Waals surface area (Å²) in [6, 6.07) is 1.87. The van der Waals surface area contributed by atoms with Gasteiger partial charge in [-0.1, -0.05) is 0 Å². The van der Waals surface area contributed by atoms with Gasteiger partial charge >= 0.3 is 0 Å². The van der Waals surface area contributed by atoms with Crippen LogP contribution in [-0.2, 0) is 9.47 Å². The molecule has 1 aromatic heterocycles. The van der Waals surface area contributed by atoms with Gasteiger partial charge in [0.2, 0.25) is 5.95 Å². The fourth-order valence-electron chi connectivity index (χ4n) is 3.64. The summed E-state index contributed by atoms with van der Waals surface area (Å²) in [5.41, 5.74) is 0.360. The second-order valence-corrected chi connectivity index (χ2v) is 7.15. The lowest BCUT2D eigenvalue weighted by molar-refractivity contribution is 0.0110. The summed E-state index contributed by atoms with van der Waals surface area (Å²) in [4.78, 5) is 11.0. The van der Waals surface area contributed by atoms with Crippen LogP contribution in [0.4, 0.5) is 5.95 Å². The third-order valence-corrected chi connectivity index (χ3v) is 5.30. The molecule has 2 saturated heterocycles. The molecule has 1 aliphatic carbocycles. The van der Waals surface area contributed by atoms with Crippen LogP contribution in [0.2, 0.25) is 0 Å². The van der Waals surface area contributed by atoms with E-state index in [0.29, 0.717) is 11.5 Å². The maximum atomic E-state index is 6.01. The minimum atomic E-state index is 0.304. The Hall–Kier alpha value is -1.20. The number of ether oxygens (including phenoxy) is 2. The molecule has 3 heterocycles. The Labute approximate surface area is 132 Å². The van der Waals surface area contributed by atoms with Crippen LogP contribution in [0.25, 0.3) is 0 Å². The molecule has 0 amide bonds. The predicted molar refractivity (Wildman–Crippen MR) is 83.8 cm³/mol. The Morgan fingerprint density at radius 1 is 1.18 bits per heavy atom. The van der Waals surface area contributed by atoms with E-state index in [4.69, 9.17) is 9.47 Å². The van der Waals surface area contributed by atoms with E-state index in [1.807, 2.05) is 18.5 Å². The molecular formula is C17H25N3O2. The zero-order valence-corrected chi connectivity index (χ0v) is 13.1. The third-order valence-electron chi connectivity index (χ3n) is 5.30. The van der Waals surface area contributed by atoms with E-state index in [0.717, 1.165) is 51.2 Å². The van der Waals surface area contributed by atoms with Crippen LogP contribution in [0.15, 0.2) is 18.5 Å². The summed E-state index contributed by atoms with van der Waals surface area (Å²) < 4.78 is 11.8. The Bertz CT molecular complexity index is 484. The molecule has 3 aliphatic rings. The fraction of sp³-hybridized carbons (Fsp3) is 0.765. The molecular weight excluding hydrogens is 278 g/mol. The highest BCUT2D eigenvalue weighted by Crippen LogP contribution is 2.42. The van der Waals surface area contributed by atoms with Gasteiger partial charge in [-0.2, -0.15) is 0 Å². The molecule has 0 aromatic carbocycles. The molecule has 22 heavy (non-hydrogen) atoms. The highest BCUT2D eigenvalue weighted by molar-refractivity contribution is 5.29. The number of rotatable bonds is 5. The minimum Gasteiger partial charge on any atom is -0.378 e. The Kier molecular flexibility index (Phi) is 4.01. The number of hydrogen-bond acceptors (Lipinski definition) is 5. The molecule has 0 radical (unpaired) electrons. The van der Waals surface area contributed by atoms with Crippen molar-refractivity contribution in [2.75, 3.05) is 37.8 Å². The molecule has 5 heteroatoms. The van der Waals surface area contributed by atoms with Crippen LogP contribution in [0.3, 0.4) is 0 Å². The average Bonchev–Trinajstić information content (AvgIpc) is 3.31. The SMILES string of the molecule is c1cnc(N2CCC3(CC2)COC(COCC2CC2)C3)nc1. The van der Waals surface area contributed by atoms with Crippen molar-refractivity contribution in [2.45, 2.75) is 38.2 Å². The van der Waals surface area contributed by atoms with E-state index in [1.165, 1.54) is 25.7 Å². The summed E-state index contributed by atoms with van der Waals surface area (Å²) in [7, 11) is 0. The maximum Gasteiger partial charge on any atom is 0.225 e. The van der Waals surface area contributed by atoms with Gasteiger partial charge in [-0.25, -0.2) is 9.97 Å². The molecule has 1 aromatic rings. The first-order valence-corrected chi connectivity index (χ1v) is 8.54. The Morgan fingerprint density at radius 2 is 1.95 bits per heavy atom. The van der Waals surface area contributed by atoms with Crippen molar-refractivity contribution in [1.82, 2.24) is 9.97 Å². The first kappa shape index (κ1) is 14.4. The standard InChI is InChI=1S/C17H25N3O2/c1-6-18-16(19-7-1)20-8-4-17(5-9-20)10-15(22-13-17)12-21-11-14-2-3-14/h1,6-7,14-15H,2-5,8-13H2. The lowest BCUT2D eigenvalue weighted by atomic mass is 9.77. The first-order chi connectivity index (χ1) is 10.8. The van der Waals surface area contributed by atoms with Crippen LogP contribution in [0, 0.1) is 11.3 Å². The first-order valence-electron chi connectivity index (χ1n) is 8.54. The van der Waals surface area contributed by atoms with Gasteiger partial charge in [0.25, 0.3) is 0 Å². The van der Waals surface area contributed by atoms with Gasteiger partial charge in [0.1, 0.15) is 0 Å². The largest absolute Gasteiger partial charge is 0.378 e. The molecule has 2 aliphatic heterocycles. The van der Waals surface area contributed by atoms with Crippen molar-refractivity contribution in [2.24, 2.45) is 11.3 Å². The van der Waals surface area contributed by atoms with Crippen LogP contribution >= 0.6 is 0 Å². The molecule has 120 valence electrons. The number of hydrogen-bond donors (Lipinski definition) is 0. The number of nitrogens with zero attached hydrogens (tertiary/aromatic N) is 3. The normalized spacial score (nSPS) is 27.5. The number of anilines is 1. The monoisotopic (exact) mass is 303 g/mol. The minimum absolute atomic E-state index is 0.304. The summed E-state index contributed by atoms with van der Waals surface area (Å²) in [5.74, 6) is 1.70. The highest BCUT2D eigenvalue weighted by atomic mass is 16.5. The molecule has 3 fully saturated rings. The molecule has 1 atom stereocenters. The smallest absolute Gasteiger partial charge is 0.225 e. The zero-order chi connectivity index (χ0) is 14.8. The van der Waals surface area contributed by atoms with Crippen molar-refractivity contribution in [3.8, 4) is 0 Å². The summed E-state index contributed by atoms with van der Waals surface area (Å²) in [6.45, 7) is 4.68. The van der Waals surface area contributed by atoms with Gasteiger partial charge in [-0.15, -0.1) is 0 Å². The number of piperidine rings is 1. The quantitative estimate of drug-likeness (QED) is 0.835. The van der Waals surface area contributed by atoms with Crippen molar-refractivity contribution >= 4 is 5.95 Å². The summed E-state index contributed by atoms with van der Waals surface area (Å²) >= 11 is 0. The Balaban J connectivity index is 1.26. The van der Waals surface area contributed by atoms with Gasteiger partial charge in [-0.3, -0.25) is 0 Å². The predicted octanol–water partition coefficient (Wildman–Crippen LogP) is 2.28. The summed E-state index contributed by atoms with van der Waals surface area (Å²) in [6.07, 6.45) is 10.1. The topological polar surface area (TPSA) is 47.5 Å². The summed E-state index contributed by atoms with van der Waals surface area (Å²) in [5, 5.41) is 0. The van der Waals surface area contributed by atoms with Gasteiger partial charge in [0, 0.05) is 32.1 Å². The van der Waals surface area contributed by atoms with Crippen molar-refractivity contribution in [3.05, 3.63) is 18.5 Å². The second kappa shape index (κ2) is 6.13. The molecule has 5 nitrogen and oxygen atoms in total. The maximum absolute atomic E-state index is 6.01.